The Morgan fingerprint density at radius 2 is 2.00 bits per heavy atom. The molecule has 6 heteroatoms. The van der Waals surface area contributed by atoms with Gasteiger partial charge in [-0.15, -0.1) is 5.10 Å². The zero-order valence-electron chi connectivity index (χ0n) is 11.7. The van der Waals surface area contributed by atoms with Gasteiger partial charge < -0.3 is 4.57 Å². The number of fused-ring (bicyclic) bond motifs is 1. The highest BCUT2D eigenvalue weighted by Gasteiger charge is 2.27. The van der Waals surface area contributed by atoms with Gasteiger partial charge in [-0.25, -0.2) is 14.0 Å². The summed E-state index contributed by atoms with van der Waals surface area (Å²) in [5, 5.41) is 4.55. The molecule has 2 aromatic heterocycles. The first-order valence-corrected chi connectivity index (χ1v) is 6.99. The topological polar surface area (TPSA) is 57.6 Å². The molecule has 4 rings (SSSR count). The second kappa shape index (κ2) is 4.44. The molecule has 0 saturated heterocycles. The minimum Gasteiger partial charge on any atom is -0.302 e. The van der Waals surface area contributed by atoms with Crippen molar-refractivity contribution in [1.29, 1.82) is 0 Å². The molecule has 0 saturated carbocycles. The molecule has 0 fully saturated rings. The van der Waals surface area contributed by atoms with Gasteiger partial charge in [-0.2, -0.15) is 4.98 Å². The predicted molar refractivity (Wildman–Crippen MR) is 77.5 cm³/mol. The maximum Gasteiger partial charge on any atom is 0.334 e. The highest BCUT2D eigenvalue weighted by molar-refractivity contribution is 5.24. The van der Waals surface area contributed by atoms with Crippen molar-refractivity contribution in [2.24, 2.45) is 7.05 Å². The Morgan fingerprint density at radius 1 is 1.19 bits per heavy atom. The van der Waals surface area contributed by atoms with Gasteiger partial charge in [-0.3, -0.25) is 0 Å². The van der Waals surface area contributed by atoms with Crippen LogP contribution in [0.15, 0.2) is 47.5 Å². The van der Waals surface area contributed by atoms with Crippen LogP contribution >= 0.6 is 0 Å². The van der Waals surface area contributed by atoms with Crippen LogP contribution in [0.1, 0.15) is 23.9 Å². The summed E-state index contributed by atoms with van der Waals surface area (Å²) in [6.07, 6.45) is 5.30. The van der Waals surface area contributed by atoms with Crippen molar-refractivity contribution in [2.75, 3.05) is 0 Å². The van der Waals surface area contributed by atoms with Gasteiger partial charge in [0.15, 0.2) is 0 Å². The van der Waals surface area contributed by atoms with E-state index in [1.54, 1.807) is 19.4 Å². The summed E-state index contributed by atoms with van der Waals surface area (Å²) in [7, 11) is 1.72. The van der Waals surface area contributed by atoms with Gasteiger partial charge in [-0.05, 0) is 12.0 Å². The summed E-state index contributed by atoms with van der Waals surface area (Å²) >= 11 is 0. The minimum atomic E-state index is -0.129. The van der Waals surface area contributed by atoms with Crippen molar-refractivity contribution in [2.45, 2.75) is 18.9 Å². The minimum absolute atomic E-state index is 0.129. The second-order valence-electron chi connectivity index (χ2n) is 5.30. The SMILES string of the molecule is Cn1ccn(-c2nc3n(n2)C(c2ccccc2)CC3)c1=O. The summed E-state index contributed by atoms with van der Waals surface area (Å²) < 4.78 is 4.94. The Morgan fingerprint density at radius 3 is 2.71 bits per heavy atom. The van der Waals surface area contributed by atoms with Crippen LogP contribution in [-0.2, 0) is 13.5 Å². The lowest BCUT2D eigenvalue weighted by Gasteiger charge is -2.11. The van der Waals surface area contributed by atoms with E-state index in [1.165, 1.54) is 14.7 Å². The highest BCUT2D eigenvalue weighted by atomic mass is 16.1. The van der Waals surface area contributed by atoms with Crippen molar-refractivity contribution in [1.82, 2.24) is 23.9 Å². The first-order valence-electron chi connectivity index (χ1n) is 6.99. The predicted octanol–water partition coefficient (Wildman–Crippen LogP) is 1.30. The molecule has 1 unspecified atom stereocenters. The number of benzene rings is 1. The largest absolute Gasteiger partial charge is 0.334 e. The number of nitrogens with zero attached hydrogens (tertiary/aromatic N) is 5. The zero-order valence-corrected chi connectivity index (χ0v) is 11.7. The lowest BCUT2D eigenvalue weighted by atomic mass is 10.1. The van der Waals surface area contributed by atoms with Gasteiger partial charge in [0.1, 0.15) is 5.82 Å². The lowest BCUT2D eigenvalue weighted by Crippen LogP contribution is -2.21. The van der Waals surface area contributed by atoms with E-state index in [0.29, 0.717) is 5.95 Å². The van der Waals surface area contributed by atoms with Crippen molar-refractivity contribution < 1.29 is 0 Å². The van der Waals surface area contributed by atoms with Crippen LogP contribution in [0.3, 0.4) is 0 Å². The van der Waals surface area contributed by atoms with Gasteiger partial charge in [0, 0.05) is 25.9 Å². The third kappa shape index (κ3) is 1.83. The number of rotatable bonds is 2. The molecule has 0 radical (unpaired) electrons. The number of aryl methyl sites for hydroxylation is 2. The molecular formula is C15H15N5O. The van der Waals surface area contributed by atoms with Crippen LogP contribution in [0.25, 0.3) is 5.95 Å². The molecule has 0 aliphatic carbocycles. The number of imidazole rings is 1. The third-order valence-electron chi connectivity index (χ3n) is 3.97. The van der Waals surface area contributed by atoms with Crippen molar-refractivity contribution in [3.8, 4) is 5.95 Å². The molecule has 3 aromatic rings. The van der Waals surface area contributed by atoms with E-state index in [0.717, 1.165) is 18.7 Å². The quantitative estimate of drug-likeness (QED) is 0.711. The van der Waals surface area contributed by atoms with Gasteiger partial charge >= 0.3 is 5.69 Å². The average Bonchev–Trinajstić information content (AvgIpc) is 3.15. The summed E-state index contributed by atoms with van der Waals surface area (Å²) in [5.41, 5.74) is 1.10. The summed E-state index contributed by atoms with van der Waals surface area (Å²) in [6, 6.07) is 10.5. The number of aromatic nitrogens is 5. The fourth-order valence-corrected chi connectivity index (χ4v) is 2.85. The molecule has 1 aliphatic rings. The monoisotopic (exact) mass is 281 g/mol. The Bertz CT molecular complexity index is 843. The Hall–Kier alpha value is -2.63. The summed E-state index contributed by atoms with van der Waals surface area (Å²) in [5.74, 6) is 1.39. The first-order chi connectivity index (χ1) is 10.2. The summed E-state index contributed by atoms with van der Waals surface area (Å²) in [4.78, 5) is 16.5. The van der Waals surface area contributed by atoms with Gasteiger partial charge in [0.05, 0.1) is 6.04 Å². The average molecular weight is 281 g/mol. The maximum absolute atomic E-state index is 12.0. The fraction of sp³-hybridized carbons (Fsp3) is 0.267. The van der Waals surface area contributed by atoms with Crippen LogP contribution in [0.4, 0.5) is 0 Å². The molecular weight excluding hydrogens is 266 g/mol. The van der Waals surface area contributed by atoms with Gasteiger partial charge in [-0.1, -0.05) is 30.3 Å². The third-order valence-corrected chi connectivity index (χ3v) is 3.97. The van der Waals surface area contributed by atoms with E-state index < -0.39 is 0 Å². The van der Waals surface area contributed by atoms with Crippen LogP contribution in [-0.4, -0.2) is 23.9 Å². The molecule has 3 heterocycles. The Balaban J connectivity index is 1.77. The molecule has 1 atom stereocenters. The van der Waals surface area contributed by atoms with E-state index >= 15 is 0 Å². The highest BCUT2D eigenvalue weighted by Crippen LogP contribution is 2.30. The lowest BCUT2D eigenvalue weighted by molar-refractivity contribution is 0.551. The van der Waals surface area contributed by atoms with Crippen LogP contribution in [0.2, 0.25) is 0 Å². The van der Waals surface area contributed by atoms with Crippen molar-refractivity contribution >= 4 is 0 Å². The number of hydrogen-bond acceptors (Lipinski definition) is 3. The first kappa shape index (κ1) is 12.1. The van der Waals surface area contributed by atoms with E-state index in [-0.39, 0.29) is 11.7 Å². The van der Waals surface area contributed by atoms with Crippen LogP contribution < -0.4 is 5.69 Å². The number of hydrogen-bond donors (Lipinski definition) is 0. The molecule has 1 aliphatic heterocycles. The molecule has 1 aromatic carbocycles. The molecule has 21 heavy (non-hydrogen) atoms. The second-order valence-corrected chi connectivity index (χ2v) is 5.30. The van der Waals surface area contributed by atoms with Crippen molar-refractivity contribution in [3.63, 3.8) is 0 Å². The molecule has 0 bridgehead atoms. The Kier molecular flexibility index (Phi) is 2.57. The summed E-state index contributed by atoms with van der Waals surface area (Å²) in [6.45, 7) is 0. The van der Waals surface area contributed by atoms with Crippen LogP contribution in [0.5, 0.6) is 0 Å². The van der Waals surface area contributed by atoms with E-state index in [9.17, 15) is 4.79 Å². The Labute approximate surface area is 121 Å². The van der Waals surface area contributed by atoms with Crippen LogP contribution in [0, 0.1) is 0 Å². The molecule has 0 N–H and O–H groups in total. The fourth-order valence-electron chi connectivity index (χ4n) is 2.85. The van der Waals surface area contributed by atoms with E-state index in [2.05, 4.69) is 22.2 Å². The maximum atomic E-state index is 12.0. The smallest absolute Gasteiger partial charge is 0.302 e. The molecule has 106 valence electrons. The van der Waals surface area contributed by atoms with Gasteiger partial charge in [0.25, 0.3) is 5.95 Å². The zero-order chi connectivity index (χ0) is 14.4. The van der Waals surface area contributed by atoms with E-state index in [1.807, 2.05) is 22.9 Å². The van der Waals surface area contributed by atoms with Gasteiger partial charge in [0.2, 0.25) is 0 Å². The van der Waals surface area contributed by atoms with E-state index in [4.69, 9.17) is 0 Å². The molecule has 0 amide bonds. The normalized spacial score (nSPS) is 17.1. The van der Waals surface area contributed by atoms with Crippen molar-refractivity contribution in [3.05, 3.63) is 64.6 Å². The standard InChI is InChI=1S/C15H15N5O/c1-18-9-10-19(15(18)21)14-16-13-8-7-12(20(13)17-14)11-5-3-2-4-6-11/h2-6,9-10,12H,7-8H2,1H3. The molecule has 6 nitrogen and oxygen atoms in total. The molecule has 0 spiro atoms.